The predicted octanol–water partition coefficient (Wildman–Crippen LogP) is 4.54. The lowest BCUT2D eigenvalue weighted by Gasteiger charge is -2.25. The number of amides is 1. The summed E-state index contributed by atoms with van der Waals surface area (Å²) in [5.41, 5.74) is 9.57. The van der Waals surface area contributed by atoms with Crippen molar-refractivity contribution < 1.29 is 4.79 Å². The molecule has 188 valence electrons. The SMILES string of the molecule is CC(C)(N)C(=O)NC(Cc1c[nH]c2ccccc12)c1nnc(Cc2ccccc2)n1Cc1ccccc1. The van der Waals surface area contributed by atoms with Crippen molar-refractivity contribution in [3.63, 3.8) is 0 Å². The van der Waals surface area contributed by atoms with Crippen LogP contribution in [0.1, 0.15) is 48.2 Å². The van der Waals surface area contributed by atoms with E-state index < -0.39 is 11.6 Å². The first kappa shape index (κ1) is 24.5. The number of hydrogen-bond acceptors (Lipinski definition) is 4. The predicted molar refractivity (Wildman–Crippen MR) is 146 cm³/mol. The van der Waals surface area contributed by atoms with Crippen molar-refractivity contribution >= 4 is 16.8 Å². The molecule has 0 aliphatic rings. The van der Waals surface area contributed by atoms with Gasteiger partial charge in [-0.05, 0) is 36.6 Å². The van der Waals surface area contributed by atoms with Gasteiger partial charge in [-0.15, -0.1) is 10.2 Å². The normalized spacial score (nSPS) is 12.5. The van der Waals surface area contributed by atoms with Crippen LogP contribution in [0.3, 0.4) is 0 Å². The molecule has 4 N–H and O–H groups in total. The average molecular weight is 493 g/mol. The zero-order valence-corrected chi connectivity index (χ0v) is 21.2. The summed E-state index contributed by atoms with van der Waals surface area (Å²) in [5.74, 6) is 1.31. The maximum Gasteiger partial charge on any atom is 0.240 e. The van der Waals surface area contributed by atoms with Crippen molar-refractivity contribution in [1.82, 2.24) is 25.1 Å². The number of aromatic nitrogens is 4. The Bertz CT molecular complexity index is 1480. The molecule has 0 saturated carbocycles. The van der Waals surface area contributed by atoms with E-state index in [1.54, 1.807) is 13.8 Å². The molecule has 0 radical (unpaired) electrons. The van der Waals surface area contributed by atoms with Crippen LogP contribution in [0.2, 0.25) is 0 Å². The number of carbonyl (C=O) groups excluding carboxylic acids is 1. The number of benzene rings is 3. The highest BCUT2D eigenvalue weighted by molar-refractivity contribution is 5.86. The summed E-state index contributed by atoms with van der Waals surface area (Å²) in [4.78, 5) is 16.4. The highest BCUT2D eigenvalue weighted by atomic mass is 16.2. The van der Waals surface area contributed by atoms with Crippen LogP contribution < -0.4 is 11.1 Å². The quantitative estimate of drug-likeness (QED) is 0.281. The smallest absolute Gasteiger partial charge is 0.240 e. The van der Waals surface area contributed by atoms with Gasteiger partial charge in [0.25, 0.3) is 0 Å². The van der Waals surface area contributed by atoms with Gasteiger partial charge < -0.3 is 20.6 Å². The van der Waals surface area contributed by atoms with E-state index >= 15 is 0 Å². The first-order valence-electron chi connectivity index (χ1n) is 12.5. The van der Waals surface area contributed by atoms with Crippen molar-refractivity contribution in [2.75, 3.05) is 0 Å². The Morgan fingerprint density at radius 2 is 1.59 bits per heavy atom. The molecule has 1 atom stereocenters. The largest absolute Gasteiger partial charge is 0.361 e. The Hall–Kier alpha value is -4.23. The maximum absolute atomic E-state index is 13.1. The first-order chi connectivity index (χ1) is 17.9. The zero-order chi connectivity index (χ0) is 25.8. The number of hydrogen-bond donors (Lipinski definition) is 3. The summed E-state index contributed by atoms with van der Waals surface area (Å²) < 4.78 is 2.13. The summed E-state index contributed by atoms with van der Waals surface area (Å²) in [6, 6.07) is 28.2. The third-order valence-electron chi connectivity index (χ3n) is 6.55. The molecule has 0 fully saturated rings. The fraction of sp³-hybridized carbons (Fsp3) is 0.233. The Labute approximate surface area is 216 Å². The molecule has 3 aromatic carbocycles. The number of rotatable bonds is 9. The molecule has 7 heteroatoms. The van der Waals surface area contributed by atoms with Crippen LogP contribution in [0.15, 0.2) is 91.1 Å². The van der Waals surface area contributed by atoms with E-state index in [2.05, 4.69) is 55.4 Å². The molecule has 0 spiro atoms. The summed E-state index contributed by atoms with van der Waals surface area (Å²) in [6.45, 7) is 4.01. The van der Waals surface area contributed by atoms with Crippen molar-refractivity contribution in [3.05, 3.63) is 119 Å². The zero-order valence-electron chi connectivity index (χ0n) is 21.2. The average Bonchev–Trinajstić information content (AvgIpc) is 3.48. The van der Waals surface area contributed by atoms with Gasteiger partial charge in [-0.3, -0.25) is 4.79 Å². The standard InChI is InChI=1S/C30H32N6O/c1-30(2,31)29(37)33-26(18-23-19-32-25-16-10-9-15-24(23)25)28-35-34-27(17-21-11-5-3-6-12-21)36(28)20-22-13-7-4-8-14-22/h3-16,19,26,32H,17-18,20,31H2,1-2H3,(H,33,37). The lowest BCUT2D eigenvalue weighted by atomic mass is 10.0. The Balaban J connectivity index is 1.57. The van der Waals surface area contributed by atoms with Gasteiger partial charge in [0.15, 0.2) is 5.82 Å². The molecule has 1 unspecified atom stereocenters. The number of nitrogens with one attached hydrogen (secondary N) is 2. The molecular weight excluding hydrogens is 460 g/mol. The van der Waals surface area contributed by atoms with Gasteiger partial charge >= 0.3 is 0 Å². The molecule has 5 aromatic rings. The minimum absolute atomic E-state index is 0.240. The number of para-hydroxylation sites is 1. The van der Waals surface area contributed by atoms with Crippen LogP contribution in [0, 0.1) is 0 Å². The Kier molecular flexibility index (Phi) is 6.88. The summed E-state index contributed by atoms with van der Waals surface area (Å²) in [6.07, 6.45) is 3.18. The number of carbonyl (C=O) groups is 1. The molecule has 0 bridgehead atoms. The Morgan fingerprint density at radius 1 is 0.946 bits per heavy atom. The third kappa shape index (κ3) is 5.62. The molecule has 2 heterocycles. The van der Waals surface area contributed by atoms with Gasteiger partial charge in [0, 0.05) is 29.9 Å². The van der Waals surface area contributed by atoms with Crippen LogP contribution in [-0.4, -0.2) is 31.2 Å². The minimum Gasteiger partial charge on any atom is -0.361 e. The molecule has 37 heavy (non-hydrogen) atoms. The molecule has 0 saturated heterocycles. The van der Waals surface area contributed by atoms with E-state index in [0.29, 0.717) is 25.2 Å². The number of fused-ring (bicyclic) bond motifs is 1. The van der Waals surface area contributed by atoms with Gasteiger partial charge in [-0.1, -0.05) is 78.9 Å². The van der Waals surface area contributed by atoms with E-state index in [-0.39, 0.29) is 5.91 Å². The number of nitrogens with two attached hydrogens (primary N) is 1. The summed E-state index contributed by atoms with van der Waals surface area (Å²) in [7, 11) is 0. The molecule has 5 rings (SSSR count). The van der Waals surface area contributed by atoms with Crippen molar-refractivity contribution in [2.24, 2.45) is 5.73 Å². The van der Waals surface area contributed by atoms with Gasteiger partial charge in [0.1, 0.15) is 5.82 Å². The highest BCUT2D eigenvalue weighted by Crippen LogP contribution is 2.26. The lowest BCUT2D eigenvalue weighted by Crippen LogP contribution is -2.50. The van der Waals surface area contributed by atoms with E-state index in [1.165, 1.54) is 0 Å². The van der Waals surface area contributed by atoms with Gasteiger partial charge in [0.2, 0.25) is 5.91 Å². The molecule has 2 aromatic heterocycles. The van der Waals surface area contributed by atoms with E-state index in [4.69, 9.17) is 5.73 Å². The first-order valence-corrected chi connectivity index (χ1v) is 12.5. The molecule has 0 aliphatic heterocycles. The molecule has 7 nitrogen and oxygen atoms in total. The number of nitrogens with zero attached hydrogens (tertiary/aromatic N) is 3. The second-order valence-corrected chi connectivity index (χ2v) is 10.0. The van der Waals surface area contributed by atoms with Crippen molar-refractivity contribution in [2.45, 2.75) is 44.8 Å². The Morgan fingerprint density at radius 3 is 2.30 bits per heavy atom. The van der Waals surface area contributed by atoms with Crippen LogP contribution in [-0.2, 0) is 24.2 Å². The van der Waals surface area contributed by atoms with Gasteiger partial charge in [-0.2, -0.15) is 0 Å². The summed E-state index contributed by atoms with van der Waals surface area (Å²) in [5, 5.41) is 13.6. The molecule has 1 amide bonds. The summed E-state index contributed by atoms with van der Waals surface area (Å²) >= 11 is 0. The minimum atomic E-state index is -1.03. The van der Waals surface area contributed by atoms with Crippen molar-refractivity contribution in [1.29, 1.82) is 0 Å². The van der Waals surface area contributed by atoms with Gasteiger partial charge in [0.05, 0.1) is 18.1 Å². The van der Waals surface area contributed by atoms with E-state index in [1.807, 2.05) is 60.8 Å². The molecule has 0 aliphatic carbocycles. The number of aromatic amines is 1. The second-order valence-electron chi connectivity index (χ2n) is 10.0. The van der Waals surface area contributed by atoms with E-state index in [9.17, 15) is 4.79 Å². The second kappa shape index (κ2) is 10.4. The molecular formula is C30H32N6O. The lowest BCUT2D eigenvalue weighted by molar-refractivity contribution is -0.126. The third-order valence-corrected chi connectivity index (χ3v) is 6.55. The fourth-order valence-corrected chi connectivity index (χ4v) is 4.53. The topological polar surface area (TPSA) is 102 Å². The van der Waals surface area contributed by atoms with E-state index in [0.717, 1.165) is 33.4 Å². The van der Waals surface area contributed by atoms with Crippen LogP contribution in [0.5, 0.6) is 0 Å². The van der Waals surface area contributed by atoms with Crippen LogP contribution in [0.4, 0.5) is 0 Å². The van der Waals surface area contributed by atoms with Gasteiger partial charge in [-0.25, -0.2) is 0 Å². The van der Waals surface area contributed by atoms with Crippen molar-refractivity contribution in [3.8, 4) is 0 Å². The van der Waals surface area contributed by atoms with Crippen LogP contribution in [0.25, 0.3) is 10.9 Å². The number of H-pyrrole nitrogens is 1. The van der Waals surface area contributed by atoms with Crippen LogP contribution >= 0.6 is 0 Å². The fourth-order valence-electron chi connectivity index (χ4n) is 4.53. The monoisotopic (exact) mass is 492 g/mol. The highest BCUT2D eigenvalue weighted by Gasteiger charge is 2.29. The maximum atomic E-state index is 13.1.